The average molecular weight is 486 g/mol. The van der Waals surface area contributed by atoms with E-state index in [4.69, 9.17) is 0 Å². The van der Waals surface area contributed by atoms with Gasteiger partial charge in [-0.15, -0.1) is 16.4 Å². The molecule has 0 spiro atoms. The molecule has 0 radical (unpaired) electrons. The molecule has 3 aromatic heterocycles. The van der Waals surface area contributed by atoms with Crippen molar-refractivity contribution in [2.24, 2.45) is 0 Å². The minimum Gasteiger partial charge on any atom is -0.342 e. The maximum Gasteiger partial charge on any atom is 0.350 e. The number of anilines is 1. The van der Waals surface area contributed by atoms with E-state index in [0.717, 1.165) is 9.35 Å². The Hall–Kier alpha value is -3.24. The highest BCUT2D eigenvalue weighted by atomic mass is 79.9. The van der Waals surface area contributed by atoms with Gasteiger partial charge in [0.2, 0.25) is 5.91 Å². The topological polar surface area (TPSA) is 97.5 Å². The first-order valence-electron chi connectivity index (χ1n) is 8.96. The van der Waals surface area contributed by atoms with Crippen molar-refractivity contribution in [3.05, 3.63) is 85.5 Å². The number of amides is 2. The normalized spacial score (nSPS) is 10.8. The lowest BCUT2D eigenvalue weighted by Crippen LogP contribution is -2.32. The largest absolute Gasteiger partial charge is 0.350 e. The van der Waals surface area contributed by atoms with E-state index in [-0.39, 0.29) is 30.6 Å². The van der Waals surface area contributed by atoms with Gasteiger partial charge in [0.15, 0.2) is 5.65 Å². The van der Waals surface area contributed by atoms with Crippen LogP contribution in [0.3, 0.4) is 0 Å². The van der Waals surface area contributed by atoms with Crippen LogP contribution in [0.15, 0.2) is 69.4 Å². The molecule has 3 heterocycles. The molecule has 0 saturated heterocycles. The maximum atomic E-state index is 12.4. The Labute approximate surface area is 183 Å². The molecule has 10 heteroatoms. The van der Waals surface area contributed by atoms with Crippen molar-refractivity contribution in [1.82, 2.24) is 19.5 Å². The van der Waals surface area contributed by atoms with Crippen LogP contribution in [0.25, 0.3) is 5.65 Å². The van der Waals surface area contributed by atoms with Crippen molar-refractivity contribution in [2.75, 3.05) is 11.9 Å². The Morgan fingerprint density at radius 1 is 1.10 bits per heavy atom. The zero-order valence-corrected chi connectivity index (χ0v) is 17.9. The number of nitrogens with zero attached hydrogens (tertiary/aromatic N) is 3. The van der Waals surface area contributed by atoms with Gasteiger partial charge in [-0.1, -0.05) is 18.2 Å². The van der Waals surface area contributed by atoms with Gasteiger partial charge in [0.1, 0.15) is 0 Å². The summed E-state index contributed by atoms with van der Waals surface area (Å²) in [5.74, 6) is -0.651. The predicted octanol–water partition coefficient (Wildman–Crippen LogP) is 2.74. The van der Waals surface area contributed by atoms with Gasteiger partial charge in [0.05, 0.1) is 21.8 Å². The molecule has 0 aliphatic heterocycles. The van der Waals surface area contributed by atoms with Crippen molar-refractivity contribution in [3.63, 3.8) is 0 Å². The number of benzene rings is 1. The number of hydrogen-bond acceptors (Lipinski definition) is 5. The summed E-state index contributed by atoms with van der Waals surface area (Å²) in [7, 11) is 0. The van der Waals surface area contributed by atoms with E-state index in [1.807, 2.05) is 12.1 Å². The lowest BCUT2D eigenvalue weighted by atomic mass is 10.2. The van der Waals surface area contributed by atoms with Crippen molar-refractivity contribution in [2.45, 2.75) is 6.54 Å². The first-order valence-corrected chi connectivity index (χ1v) is 10.6. The second-order valence-electron chi connectivity index (χ2n) is 6.40. The minimum atomic E-state index is -0.346. The standard InChI is InChI=1S/C20H16BrN5O3S/c21-16-8-7-15(30-16)19(28)22-11-18(27)23-14-5-3-4-13(10-14)12-26-20(29)25-9-2-1-6-17(25)24-26/h1-10H,11-12H2,(H,22,28)(H,23,27). The number of pyridine rings is 1. The summed E-state index contributed by atoms with van der Waals surface area (Å²) < 4.78 is 3.69. The molecule has 0 aliphatic carbocycles. The lowest BCUT2D eigenvalue weighted by Gasteiger charge is -2.08. The molecule has 0 saturated carbocycles. The zero-order chi connectivity index (χ0) is 21.1. The zero-order valence-electron chi connectivity index (χ0n) is 15.5. The smallest absolute Gasteiger partial charge is 0.342 e. The Kier molecular flexibility index (Phi) is 5.77. The van der Waals surface area contributed by atoms with E-state index in [1.54, 1.807) is 48.7 Å². The monoisotopic (exact) mass is 485 g/mol. The fourth-order valence-corrected chi connectivity index (χ4v) is 4.18. The Morgan fingerprint density at radius 2 is 1.97 bits per heavy atom. The lowest BCUT2D eigenvalue weighted by molar-refractivity contribution is -0.115. The summed E-state index contributed by atoms with van der Waals surface area (Å²) in [4.78, 5) is 37.2. The maximum absolute atomic E-state index is 12.4. The molecule has 4 rings (SSSR count). The van der Waals surface area contributed by atoms with E-state index in [2.05, 4.69) is 31.7 Å². The van der Waals surface area contributed by atoms with Gasteiger partial charge in [-0.3, -0.25) is 14.0 Å². The van der Waals surface area contributed by atoms with Gasteiger partial charge in [0, 0.05) is 11.9 Å². The number of carbonyl (C=O) groups is 2. The van der Waals surface area contributed by atoms with Gasteiger partial charge < -0.3 is 10.6 Å². The molecule has 0 aliphatic rings. The minimum absolute atomic E-state index is 0.148. The summed E-state index contributed by atoms with van der Waals surface area (Å²) in [6.45, 7) is 0.124. The number of fused-ring (bicyclic) bond motifs is 1. The predicted molar refractivity (Wildman–Crippen MR) is 118 cm³/mol. The third-order valence-corrected chi connectivity index (χ3v) is 5.86. The quantitative estimate of drug-likeness (QED) is 0.438. The highest BCUT2D eigenvalue weighted by Crippen LogP contribution is 2.21. The molecule has 2 N–H and O–H groups in total. The van der Waals surface area contributed by atoms with Crippen LogP contribution in [0.1, 0.15) is 15.2 Å². The summed E-state index contributed by atoms with van der Waals surface area (Å²) in [6, 6.07) is 16.0. The highest BCUT2D eigenvalue weighted by Gasteiger charge is 2.11. The molecule has 152 valence electrons. The fourth-order valence-electron chi connectivity index (χ4n) is 2.88. The highest BCUT2D eigenvalue weighted by molar-refractivity contribution is 9.11. The van der Waals surface area contributed by atoms with Crippen LogP contribution < -0.4 is 16.3 Å². The van der Waals surface area contributed by atoms with E-state index in [0.29, 0.717) is 16.2 Å². The summed E-state index contributed by atoms with van der Waals surface area (Å²) >= 11 is 4.60. The number of carbonyl (C=O) groups excluding carboxylic acids is 2. The summed E-state index contributed by atoms with van der Waals surface area (Å²) in [5, 5.41) is 9.65. The molecular formula is C20H16BrN5O3S. The first-order chi connectivity index (χ1) is 14.5. The Bertz CT molecular complexity index is 1290. The van der Waals surface area contributed by atoms with Crippen molar-refractivity contribution in [3.8, 4) is 0 Å². The van der Waals surface area contributed by atoms with E-state index in [1.165, 1.54) is 20.4 Å². The summed E-state index contributed by atoms with van der Waals surface area (Å²) in [5.41, 5.74) is 1.72. The third kappa shape index (κ3) is 4.50. The average Bonchev–Trinajstić information content (AvgIpc) is 3.30. The van der Waals surface area contributed by atoms with Crippen LogP contribution in [0.5, 0.6) is 0 Å². The molecule has 0 unspecified atom stereocenters. The molecule has 2 amide bonds. The number of aromatic nitrogens is 3. The number of hydrogen-bond donors (Lipinski definition) is 2. The van der Waals surface area contributed by atoms with Gasteiger partial charge >= 0.3 is 5.69 Å². The van der Waals surface area contributed by atoms with Crippen LogP contribution in [0.2, 0.25) is 0 Å². The first kappa shape index (κ1) is 20.0. The van der Waals surface area contributed by atoms with Gasteiger partial charge in [-0.25, -0.2) is 9.48 Å². The molecule has 1 aromatic carbocycles. The van der Waals surface area contributed by atoms with Crippen LogP contribution in [0.4, 0.5) is 5.69 Å². The molecule has 0 fully saturated rings. The second kappa shape index (κ2) is 8.64. The van der Waals surface area contributed by atoms with Crippen molar-refractivity contribution < 1.29 is 9.59 Å². The Morgan fingerprint density at radius 3 is 2.73 bits per heavy atom. The molecule has 0 atom stereocenters. The third-order valence-electron chi connectivity index (χ3n) is 4.24. The van der Waals surface area contributed by atoms with E-state index in [9.17, 15) is 14.4 Å². The summed E-state index contributed by atoms with van der Waals surface area (Å²) in [6.07, 6.45) is 1.67. The van der Waals surface area contributed by atoms with E-state index < -0.39 is 0 Å². The number of nitrogens with one attached hydrogen (secondary N) is 2. The molecule has 4 aromatic rings. The van der Waals surface area contributed by atoms with E-state index >= 15 is 0 Å². The van der Waals surface area contributed by atoms with Gasteiger partial charge in [-0.05, 0) is 57.9 Å². The van der Waals surface area contributed by atoms with Crippen LogP contribution in [0, 0.1) is 0 Å². The SMILES string of the molecule is O=C(CNC(=O)c1ccc(Br)s1)Nc1cccc(Cn2nc3ccccn3c2=O)c1. The Balaban J connectivity index is 1.39. The molecule has 0 bridgehead atoms. The fraction of sp³-hybridized carbons (Fsp3) is 0.100. The second-order valence-corrected chi connectivity index (χ2v) is 8.87. The number of thiophene rings is 1. The molecule has 8 nitrogen and oxygen atoms in total. The van der Waals surface area contributed by atoms with Gasteiger partial charge in [-0.2, -0.15) is 0 Å². The number of halogens is 1. The van der Waals surface area contributed by atoms with Crippen molar-refractivity contribution >= 4 is 50.4 Å². The number of rotatable bonds is 6. The van der Waals surface area contributed by atoms with Gasteiger partial charge in [0.25, 0.3) is 5.91 Å². The van der Waals surface area contributed by atoms with Crippen LogP contribution in [-0.2, 0) is 11.3 Å². The van der Waals surface area contributed by atoms with Crippen LogP contribution >= 0.6 is 27.3 Å². The molecular weight excluding hydrogens is 470 g/mol. The molecule has 30 heavy (non-hydrogen) atoms. The van der Waals surface area contributed by atoms with Crippen LogP contribution in [-0.4, -0.2) is 32.5 Å². The van der Waals surface area contributed by atoms with Crippen molar-refractivity contribution in [1.29, 1.82) is 0 Å².